The van der Waals surface area contributed by atoms with Gasteiger partial charge in [0.1, 0.15) is 5.75 Å². The monoisotopic (exact) mass is 517 g/mol. The van der Waals surface area contributed by atoms with E-state index in [1.807, 2.05) is 60.8 Å². The van der Waals surface area contributed by atoms with Crippen LogP contribution in [0.15, 0.2) is 97.2 Å². The second-order valence-corrected chi connectivity index (χ2v) is 9.97. The first kappa shape index (κ1) is 24.7. The molecular weight excluding hydrogens is 486 g/mol. The molecule has 39 heavy (non-hydrogen) atoms. The lowest BCUT2D eigenvalue weighted by Crippen LogP contribution is -2.14. The van der Waals surface area contributed by atoms with Crippen LogP contribution in [0, 0.1) is 0 Å². The lowest BCUT2D eigenvalue weighted by molar-refractivity contribution is -0.137. The molecule has 0 bridgehead atoms. The van der Waals surface area contributed by atoms with Crippen molar-refractivity contribution in [1.29, 1.82) is 0 Å². The van der Waals surface area contributed by atoms with E-state index in [9.17, 15) is 9.90 Å². The molecule has 196 valence electrons. The third-order valence-electron chi connectivity index (χ3n) is 7.36. The van der Waals surface area contributed by atoms with Crippen molar-refractivity contribution in [1.82, 2.24) is 9.55 Å². The minimum absolute atomic E-state index is 0.00396. The van der Waals surface area contributed by atoms with Crippen LogP contribution in [0.5, 0.6) is 5.75 Å². The molecule has 0 saturated carbocycles. The highest BCUT2D eigenvalue weighted by Crippen LogP contribution is 2.31. The number of rotatable bonds is 9. The number of carboxylic acids is 1. The fourth-order valence-electron chi connectivity index (χ4n) is 5.36. The zero-order chi connectivity index (χ0) is 26.6. The Morgan fingerprint density at radius 3 is 2.62 bits per heavy atom. The SMILES string of the molecule is O=C(O)CC(c1ccc(-c2ccccc2)cc1)n1ccc2cc(OCCc3ccc4c(n3)CCCN4)ccc21. The molecule has 0 saturated heterocycles. The zero-order valence-electron chi connectivity index (χ0n) is 21.7. The largest absolute Gasteiger partial charge is 0.493 e. The summed E-state index contributed by atoms with van der Waals surface area (Å²) in [6.45, 7) is 1.56. The minimum atomic E-state index is -0.833. The van der Waals surface area contributed by atoms with E-state index in [1.54, 1.807) is 0 Å². The van der Waals surface area contributed by atoms with E-state index in [-0.39, 0.29) is 12.5 Å². The van der Waals surface area contributed by atoms with Gasteiger partial charge in [0.2, 0.25) is 0 Å². The molecule has 0 amide bonds. The molecule has 1 aliphatic rings. The molecule has 1 unspecified atom stereocenters. The Kier molecular flexibility index (Phi) is 7.00. The highest BCUT2D eigenvalue weighted by Gasteiger charge is 2.20. The molecule has 1 aliphatic heterocycles. The molecule has 0 aliphatic carbocycles. The van der Waals surface area contributed by atoms with Crippen LogP contribution in [-0.4, -0.2) is 33.8 Å². The van der Waals surface area contributed by atoms with E-state index in [1.165, 1.54) is 0 Å². The smallest absolute Gasteiger partial charge is 0.305 e. The molecule has 3 aromatic carbocycles. The van der Waals surface area contributed by atoms with Crippen LogP contribution in [0.3, 0.4) is 0 Å². The summed E-state index contributed by atoms with van der Waals surface area (Å²) >= 11 is 0. The number of pyridine rings is 1. The molecular formula is C33H31N3O3. The molecule has 3 heterocycles. The number of aryl methyl sites for hydroxylation is 1. The van der Waals surface area contributed by atoms with Crippen LogP contribution in [0.1, 0.15) is 35.8 Å². The molecule has 2 aromatic heterocycles. The number of aromatic nitrogens is 2. The Morgan fingerprint density at radius 1 is 0.974 bits per heavy atom. The van der Waals surface area contributed by atoms with Gasteiger partial charge in [0.15, 0.2) is 0 Å². The zero-order valence-corrected chi connectivity index (χ0v) is 21.7. The van der Waals surface area contributed by atoms with E-state index < -0.39 is 5.97 Å². The third kappa shape index (κ3) is 5.50. The summed E-state index contributed by atoms with van der Waals surface area (Å²) in [6, 6.07) is 30.2. The molecule has 2 N–H and O–H groups in total. The van der Waals surface area contributed by atoms with Gasteiger partial charge in [-0.2, -0.15) is 0 Å². The van der Waals surface area contributed by atoms with Crippen molar-refractivity contribution in [2.75, 3.05) is 18.5 Å². The van der Waals surface area contributed by atoms with Gasteiger partial charge in [0, 0.05) is 35.8 Å². The molecule has 5 aromatic rings. The van der Waals surface area contributed by atoms with Crippen molar-refractivity contribution in [2.45, 2.75) is 31.7 Å². The van der Waals surface area contributed by atoms with Crippen LogP contribution in [0.4, 0.5) is 5.69 Å². The number of ether oxygens (including phenoxy) is 1. The number of hydrogen-bond acceptors (Lipinski definition) is 4. The van der Waals surface area contributed by atoms with E-state index in [4.69, 9.17) is 9.72 Å². The van der Waals surface area contributed by atoms with Gasteiger partial charge in [0.25, 0.3) is 0 Å². The highest BCUT2D eigenvalue weighted by atomic mass is 16.5. The summed E-state index contributed by atoms with van der Waals surface area (Å²) < 4.78 is 8.13. The second kappa shape index (κ2) is 11.0. The van der Waals surface area contributed by atoms with Gasteiger partial charge >= 0.3 is 5.97 Å². The van der Waals surface area contributed by atoms with Crippen molar-refractivity contribution in [3.05, 3.63) is 114 Å². The van der Waals surface area contributed by atoms with Crippen LogP contribution < -0.4 is 10.1 Å². The normalized spacial score (nSPS) is 13.4. The first-order valence-corrected chi connectivity index (χ1v) is 13.5. The Labute approximate surface area is 227 Å². The molecule has 0 radical (unpaired) electrons. The topological polar surface area (TPSA) is 76.4 Å². The summed E-state index contributed by atoms with van der Waals surface area (Å²) in [5, 5.41) is 14.1. The predicted octanol–water partition coefficient (Wildman–Crippen LogP) is 6.75. The van der Waals surface area contributed by atoms with Crippen molar-refractivity contribution < 1.29 is 14.6 Å². The van der Waals surface area contributed by atoms with E-state index in [0.29, 0.717) is 6.61 Å². The Hall–Kier alpha value is -4.58. The van der Waals surface area contributed by atoms with Gasteiger partial charge in [-0.1, -0.05) is 54.6 Å². The molecule has 0 spiro atoms. The fourth-order valence-corrected chi connectivity index (χ4v) is 5.36. The molecule has 1 atom stereocenters. The summed E-state index contributed by atoms with van der Waals surface area (Å²) in [4.78, 5) is 16.6. The number of fused-ring (bicyclic) bond motifs is 2. The summed E-state index contributed by atoms with van der Waals surface area (Å²) in [5.41, 5.74) is 7.51. The average molecular weight is 518 g/mol. The van der Waals surface area contributed by atoms with Crippen molar-refractivity contribution in [2.24, 2.45) is 0 Å². The van der Waals surface area contributed by atoms with E-state index in [0.717, 1.165) is 76.2 Å². The quantitative estimate of drug-likeness (QED) is 0.226. The van der Waals surface area contributed by atoms with Crippen molar-refractivity contribution >= 4 is 22.6 Å². The van der Waals surface area contributed by atoms with Crippen LogP contribution in [0.2, 0.25) is 0 Å². The van der Waals surface area contributed by atoms with Gasteiger partial charge in [-0.25, -0.2) is 0 Å². The molecule has 0 fully saturated rings. The Bertz CT molecular complexity index is 1590. The lowest BCUT2D eigenvalue weighted by atomic mass is 9.99. The minimum Gasteiger partial charge on any atom is -0.493 e. The number of nitrogens with one attached hydrogen (secondary N) is 1. The number of carboxylic acid groups (broad SMARTS) is 1. The summed E-state index contributed by atoms with van der Waals surface area (Å²) in [6.07, 6.45) is 4.84. The van der Waals surface area contributed by atoms with Gasteiger partial charge < -0.3 is 19.7 Å². The lowest BCUT2D eigenvalue weighted by Gasteiger charge is -2.20. The van der Waals surface area contributed by atoms with Crippen LogP contribution >= 0.6 is 0 Å². The standard InChI is InChI=1S/C33H31N3O3/c37-33(38)22-32(25-10-8-24(9-11-25)23-5-2-1-3-6-23)36-19-16-26-21-28(13-15-31(26)36)39-20-17-27-12-14-29-30(35-27)7-4-18-34-29/h1-3,5-6,8-16,19,21,32,34H,4,7,17-18,20,22H2,(H,37,38). The maximum absolute atomic E-state index is 11.8. The van der Waals surface area contributed by atoms with E-state index >= 15 is 0 Å². The second-order valence-electron chi connectivity index (χ2n) is 9.97. The average Bonchev–Trinajstić information content (AvgIpc) is 3.39. The van der Waals surface area contributed by atoms with Gasteiger partial charge in [0.05, 0.1) is 30.5 Å². The van der Waals surface area contributed by atoms with Crippen molar-refractivity contribution in [3.63, 3.8) is 0 Å². The fraction of sp³-hybridized carbons (Fsp3) is 0.212. The number of benzene rings is 3. The number of nitrogens with zero attached hydrogens (tertiary/aromatic N) is 2. The number of anilines is 1. The van der Waals surface area contributed by atoms with Gasteiger partial charge in [-0.15, -0.1) is 0 Å². The molecule has 6 rings (SSSR count). The predicted molar refractivity (Wildman–Crippen MR) is 154 cm³/mol. The highest BCUT2D eigenvalue weighted by molar-refractivity contribution is 5.82. The Balaban J connectivity index is 1.18. The van der Waals surface area contributed by atoms with Crippen LogP contribution in [0.25, 0.3) is 22.0 Å². The van der Waals surface area contributed by atoms with Gasteiger partial charge in [-0.3, -0.25) is 9.78 Å². The number of aliphatic carboxylic acids is 1. The first-order chi connectivity index (χ1) is 19.1. The van der Waals surface area contributed by atoms with Crippen molar-refractivity contribution in [3.8, 4) is 16.9 Å². The van der Waals surface area contributed by atoms with Crippen LogP contribution in [-0.2, 0) is 17.6 Å². The first-order valence-electron chi connectivity index (χ1n) is 13.5. The maximum atomic E-state index is 11.8. The van der Waals surface area contributed by atoms with Gasteiger partial charge in [-0.05, 0) is 65.9 Å². The molecule has 6 nitrogen and oxygen atoms in total. The summed E-state index contributed by atoms with van der Waals surface area (Å²) in [5.74, 6) is -0.0395. The molecule has 6 heteroatoms. The summed E-state index contributed by atoms with van der Waals surface area (Å²) in [7, 11) is 0. The number of carbonyl (C=O) groups is 1. The van der Waals surface area contributed by atoms with E-state index in [2.05, 4.69) is 46.3 Å². The number of hydrogen-bond donors (Lipinski definition) is 2. The Morgan fingerprint density at radius 2 is 1.79 bits per heavy atom. The third-order valence-corrected chi connectivity index (χ3v) is 7.36. The maximum Gasteiger partial charge on any atom is 0.305 e.